The lowest BCUT2D eigenvalue weighted by atomic mass is 10.4. The first-order valence-electron chi connectivity index (χ1n) is 4.53. The highest BCUT2D eigenvalue weighted by atomic mass is 32.2. The summed E-state index contributed by atoms with van der Waals surface area (Å²) in [5.74, 6) is 0. The largest absolute Gasteiger partial charge is 0.395 e. The predicted molar refractivity (Wildman–Crippen MR) is 54.9 cm³/mol. The van der Waals surface area contributed by atoms with Crippen LogP contribution in [0.4, 0.5) is 0 Å². The maximum absolute atomic E-state index is 11.8. The summed E-state index contributed by atoms with van der Waals surface area (Å²) in [5, 5.41) is 15.2. The molecule has 0 radical (unpaired) electrons. The summed E-state index contributed by atoms with van der Waals surface area (Å²) in [5.41, 5.74) is 0.912. The van der Waals surface area contributed by atoms with Gasteiger partial charge in [-0.15, -0.1) is 0 Å². The Balaban J connectivity index is 3.07. The van der Waals surface area contributed by atoms with Crippen LogP contribution in [0, 0.1) is 13.8 Å². The van der Waals surface area contributed by atoms with E-state index in [2.05, 4.69) is 14.9 Å². The van der Waals surface area contributed by atoms with Gasteiger partial charge < -0.3 is 5.11 Å². The molecule has 3 N–H and O–H groups in total. The van der Waals surface area contributed by atoms with Crippen molar-refractivity contribution in [3.8, 4) is 0 Å². The number of aliphatic hydroxyl groups excluding tert-OH is 1. The lowest BCUT2D eigenvalue weighted by Crippen LogP contribution is -2.35. The van der Waals surface area contributed by atoms with Gasteiger partial charge in [-0.3, -0.25) is 5.10 Å². The molecule has 7 heteroatoms. The molecular formula is C8H15N3O3S. The minimum absolute atomic E-state index is 0.155. The number of nitrogens with zero attached hydrogens (tertiary/aromatic N) is 1. The minimum Gasteiger partial charge on any atom is -0.395 e. The predicted octanol–water partition coefficient (Wildman–Crippen LogP) is -0.314. The molecule has 0 aliphatic heterocycles. The number of aromatic amines is 1. The molecule has 1 atom stereocenters. The van der Waals surface area contributed by atoms with Crippen LogP contribution < -0.4 is 4.72 Å². The second kappa shape index (κ2) is 4.30. The van der Waals surface area contributed by atoms with Gasteiger partial charge in [0.2, 0.25) is 10.0 Å². The van der Waals surface area contributed by atoms with E-state index in [-0.39, 0.29) is 11.5 Å². The van der Waals surface area contributed by atoms with Gasteiger partial charge in [-0.2, -0.15) is 5.10 Å². The number of hydrogen-bond acceptors (Lipinski definition) is 4. The number of H-pyrrole nitrogens is 1. The molecule has 0 spiro atoms. The monoisotopic (exact) mass is 233 g/mol. The third kappa shape index (κ3) is 2.55. The van der Waals surface area contributed by atoms with Gasteiger partial charge in [0.1, 0.15) is 4.90 Å². The van der Waals surface area contributed by atoms with Gasteiger partial charge in [0.25, 0.3) is 0 Å². The van der Waals surface area contributed by atoms with E-state index in [0.717, 1.165) is 0 Å². The number of aromatic nitrogens is 2. The lowest BCUT2D eigenvalue weighted by molar-refractivity contribution is 0.265. The fourth-order valence-corrected chi connectivity index (χ4v) is 2.90. The third-order valence-electron chi connectivity index (χ3n) is 1.96. The maximum atomic E-state index is 11.8. The van der Waals surface area contributed by atoms with E-state index in [1.54, 1.807) is 20.8 Å². The molecule has 0 aliphatic carbocycles. The summed E-state index contributed by atoms with van der Waals surface area (Å²) in [6.07, 6.45) is 0. The molecule has 0 saturated carbocycles. The smallest absolute Gasteiger partial charge is 0.244 e. The summed E-state index contributed by atoms with van der Waals surface area (Å²) in [4.78, 5) is 0.155. The van der Waals surface area contributed by atoms with Crippen molar-refractivity contribution < 1.29 is 13.5 Å². The molecule has 1 aromatic rings. The molecule has 0 fully saturated rings. The van der Waals surface area contributed by atoms with Crippen LogP contribution >= 0.6 is 0 Å². The number of aryl methyl sites for hydroxylation is 2. The van der Waals surface area contributed by atoms with E-state index in [1.165, 1.54) is 0 Å². The minimum atomic E-state index is -3.59. The van der Waals surface area contributed by atoms with Crippen LogP contribution in [0.2, 0.25) is 0 Å². The van der Waals surface area contributed by atoms with Gasteiger partial charge in [0.15, 0.2) is 0 Å². The molecule has 1 unspecified atom stereocenters. The Labute approximate surface area is 88.8 Å². The zero-order chi connectivity index (χ0) is 11.6. The van der Waals surface area contributed by atoms with E-state index in [9.17, 15) is 8.42 Å². The Morgan fingerprint density at radius 3 is 2.53 bits per heavy atom. The summed E-state index contributed by atoms with van der Waals surface area (Å²) in [7, 11) is -3.59. The standard InChI is InChI=1S/C8H15N3O3S/c1-5(4-12)11-15(13,14)8-6(2)9-10-7(8)3/h5,11-12H,4H2,1-3H3,(H,9,10). The van der Waals surface area contributed by atoms with Crippen LogP contribution in [0.5, 0.6) is 0 Å². The van der Waals surface area contributed by atoms with Crippen molar-refractivity contribution in [3.63, 3.8) is 0 Å². The Bertz CT molecular complexity index is 418. The molecule has 0 aromatic carbocycles. The van der Waals surface area contributed by atoms with Crippen LogP contribution in [-0.4, -0.2) is 36.4 Å². The Morgan fingerprint density at radius 2 is 2.13 bits per heavy atom. The molecule has 0 amide bonds. The highest BCUT2D eigenvalue weighted by molar-refractivity contribution is 7.89. The van der Waals surface area contributed by atoms with Crippen molar-refractivity contribution in [3.05, 3.63) is 11.4 Å². The number of sulfonamides is 1. The van der Waals surface area contributed by atoms with E-state index in [1.807, 2.05) is 0 Å². The molecule has 1 aromatic heterocycles. The highest BCUT2D eigenvalue weighted by Gasteiger charge is 2.23. The summed E-state index contributed by atoms with van der Waals surface area (Å²) < 4.78 is 26.0. The van der Waals surface area contributed by atoms with E-state index >= 15 is 0 Å². The number of aliphatic hydroxyl groups is 1. The lowest BCUT2D eigenvalue weighted by Gasteiger charge is -2.11. The molecule has 15 heavy (non-hydrogen) atoms. The van der Waals surface area contributed by atoms with Crippen LogP contribution in [0.15, 0.2) is 4.90 Å². The van der Waals surface area contributed by atoms with Crippen LogP contribution in [0.3, 0.4) is 0 Å². The first-order valence-corrected chi connectivity index (χ1v) is 6.01. The van der Waals surface area contributed by atoms with Crippen molar-refractivity contribution in [2.24, 2.45) is 0 Å². The van der Waals surface area contributed by atoms with Gasteiger partial charge in [0, 0.05) is 6.04 Å². The Hall–Kier alpha value is -0.920. The molecule has 6 nitrogen and oxygen atoms in total. The summed E-state index contributed by atoms with van der Waals surface area (Å²) in [6, 6.07) is -0.510. The average Bonchev–Trinajstić information content (AvgIpc) is 2.45. The van der Waals surface area contributed by atoms with Crippen molar-refractivity contribution in [2.75, 3.05) is 6.61 Å². The van der Waals surface area contributed by atoms with Gasteiger partial charge in [-0.25, -0.2) is 13.1 Å². The average molecular weight is 233 g/mol. The van der Waals surface area contributed by atoms with E-state index in [4.69, 9.17) is 5.11 Å². The molecule has 0 aliphatic rings. The Morgan fingerprint density at radius 1 is 1.53 bits per heavy atom. The SMILES string of the molecule is Cc1n[nH]c(C)c1S(=O)(=O)NC(C)CO. The topological polar surface area (TPSA) is 95.1 Å². The highest BCUT2D eigenvalue weighted by Crippen LogP contribution is 2.16. The zero-order valence-corrected chi connectivity index (χ0v) is 9.72. The van der Waals surface area contributed by atoms with Crippen LogP contribution in [0.1, 0.15) is 18.3 Å². The van der Waals surface area contributed by atoms with Gasteiger partial charge >= 0.3 is 0 Å². The Kier molecular flexibility index (Phi) is 3.48. The van der Waals surface area contributed by atoms with Crippen molar-refractivity contribution in [1.29, 1.82) is 0 Å². The molecular weight excluding hydrogens is 218 g/mol. The fraction of sp³-hybridized carbons (Fsp3) is 0.625. The summed E-state index contributed by atoms with van der Waals surface area (Å²) >= 11 is 0. The van der Waals surface area contributed by atoms with Crippen molar-refractivity contribution in [1.82, 2.24) is 14.9 Å². The molecule has 0 saturated heterocycles. The van der Waals surface area contributed by atoms with Crippen molar-refractivity contribution in [2.45, 2.75) is 31.7 Å². The number of nitrogens with one attached hydrogen (secondary N) is 2. The first kappa shape index (κ1) is 12.2. The quantitative estimate of drug-likeness (QED) is 0.664. The second-order valence-electron chi connectivity index (χ2n) is 3.47. The zero-order valence-electron chi connectivity index (χ0n) is 8.90. The maximum Gasteiger partial charge on any atom is 0.244 e. The second-order valence-corrected chi connectivity index (χ2v) is 5.12. The van der Waals surface area contributed by atoms with Gasteiger partial charge in [-0.05, 0) is 20.8 Å². The summed E-state index contributed by atoms with van der Waals surface area (Å²) in [6.45, 7) is 4.59. The molecule has 1 rings (SSSR count). The first-order chi connectivity index (χ1) is 6.88. The molecule has 86 valence electrons. The van der Waals surface area contributed by atoms with E-state index in [0.29, 0.717) is 11.4 Å². The third-order valence-corrected chi connectivity index (χ3v) is 3.81. The number of hydrogen-bond donors (Lipinski definition) is 3. The van der Waals surface area contributed by atoms with Gasteiger partial charge in [-0.1, -0.05) is 0 Å². The molecule has 1 heterocycles. The fourth-order valence-electron chi connectivity index (χ4n) is 1.30. The molecule has 0 bridgehead atoms. The van der Waals surface area contributed by atoms with Crippen LogP contribution in [-0.2, 0) is 10.0 Å². The van der Waals surface area contributed by atoms with E-state index < -0.39 is 16.1 Å². The van der Waals surface area contributed by atoms with Crippen LogP contribution in [0.25, 0.3) is 0 Å². The number of rotatable bonds is 4. The van der Waals surface area contributed by atoms with Crippen molar-refractivity contribution >= 4 is 10.0 Å². The normalized spacial score (nSPS) is 14.1. The van der Waals surface area contributed by atoms with Gasteiger partial charge in [0.05, 0.1) is 18.0 Å².